The number of aliphatic carboxylic acids is 1. The number of carboxylic acid groups (broad SMARTS) is 1. The molecule has 2 atom stereocenters. The number of amides is 2. The number of rotatable bonds is 9. The van der Waals surface area contributed by atoms with Crippen LogP contribution >= 0.6 is 0 Å². The summed E-state index contributed by atoms with van der Waals surface area (Å²) in [4.78, 5) is 40.0. The average Bonchev–Trinajstić information content (AvgIpc) is 3.09. The van der Waals surface area contributed by atoms with E-state index in [1.165, 1.54) is 0 Å². The van der Waals surface area contributed by atoms with E-state index in [0.717, 1.165) is 22.3 Å². The fourth-order valence-corrected chi connectivity index (χ4v) is 3.70. The van der Waals surface area contributed by atoms with Gasteiger partial charge in [0.25, 0.3) is 5.91 Å². The molecule has 0 spiro atoms. The topological polar surface area (TPSA) is 114 Å². The van der Waals surface area contributed by atoms with Gasteiger partial charge in [-0.25, -0.2) is 15.1 Å². The van der Waals surface area contributed by atoms with Crippen LogP contribution in [0.15, 0.2) is 48.5 Å². The molecule has 3 rings (SSSR count). The zero-order valence-electron chi connectivity index (χ0n) is 17.5. The Balaban J connectivity index is 1.64. The predicted octanol–water partition coefficient (Wildman–Crippen LogP) is 3.07. The second-order valence-electron chi connectivity index (χ2n) is 7.48. The van der Waals surface area contributed by atoms with E-state index in [4.69, 9.17) is 9.84 Å². The summed E-state index contributed by atoms with van der Waals surface area (Å²) < 4.78 is 5.49. The van der Waals surface area contributed by atoms with Crippen molar-refractivity contribution in [2.75, 3.05) is 13.2 Å². The SMILES string of the molecule is CC[C@H](C)[C@H](NC(=O)OCC1c2ccccc2-c2ccccc21)C(=O)NOCC(=O)O. The van der Waals surface area contributed by atoms with Crippen molar-refractivity contribution >= 4 is 18.0 Å². The largest absolute Gasteiger partial charge is 0.479 e. The van der Waals surface area contributed by atoms with Gasteiger partial charge in [-0.2, -0.15) is 0 Å². The monoisotopic (exact) mass is 426 g/mol. The summed E-state index contributed by atoms with van der Waals surface area (Å²) >= 11 is 0. The fourth-order valence-electron chi connectivity index (χ4n) is 3.70. The molecule has 8 heteroatoms. The number of carbonyl (C=O) groups is 3. The Morgan fingerprint density at radius 1 is 1.03 bits per heavy atom. The molecule has 0 aliphatic heterocycles. The second kappa shape index (κ2) is 10.1. The highest BCUT2D eigenvalue weighted by Crippen LogP contribution is 2.44. The standard InChI is InChI=1S/C23H26N2O6/c1-3-14(2)21(22(28)25-31-13-20(26)27)24-23(29)30-12-19-17-10-6-4-8-15(17)16-9-5-7-11-18(16)19/h4-11,14,19,21H,3,12-13H2,1-2H3,(H,24,29)(H,25,28)(H,26,27)/t14-,21-/m0/s1. The number of nitrogens with one attached hydrogen (secondary N) is 2. The molecular formula is C23H26N2O6. The minimum Gasteiger partial charge on any atom is -0.479 e. The number of hydrogen-bond acceptors (Lipinski definition) is 5. The van der Waals surface area contributed by atoms with Crippen LogP contribution in [0.2, 0.25) is 0 Å². The van der Waals surface area contributed by atoms with Gasteiger partial charge >= 0.3 is 12.1 Å². The lowest BCUT2D eigenvalue weighted by Gasteiger charge is -2.23. The third-order valence-corrected chi connectivity index (χ3v) is 5.48. The van der Waals surface area contributed by atoms with Crippen LogP contribution in [0.3, 0.4) is 0 Å². The molecule has 1 aliphatic carbocycles. The van der Waals surface area contributed by atoms with E-state index in [1.54, 1.807) is 6.92 Å². The Morgan fingerprint density at radius 3 is 2.16 bits per heavy atom. The predicted molar refractivity (Wildman–Crippen MR) is 113 cm³/mol. The number of fused-ring (bicyclic) bond motifs is 3. The van der Waals surface area contributed by atoms with Crippen molar-refractivity contribution in [3.05, 3.63) is 59.7 Å². The fraction of sp³-hybridized carbons (Fsp3) is 0.348. The van der Waals surface area contributed by atoms with Crippen LogP contribution in [0.5, 0.6) is 0 Å². The van der Waals surface area contributed by atoms with E-state index in [0.29, 0.717) is 6.42 Å². The summed E-state index contributed by atoms with van der Waals surface area (Å²) in [5.74, 6) is -2.16. The Kier molecular flexibility index (Phi) is 7.25. The van der Waals surface area contributed by atoms with E-state index in [2.05, 4.69) is 27.8 Å². The summed E-state index contributed by atoms with van der Waals surface area (Å²) in [5.41, 5.74) is 6.50. The van der Waals surface area contributed by atoms with Gasteiger partial charge in [0.1, 0.15) is 12.6 Å². The number of hydrogen-bond donors (Lipinski definition) is 3. The van der Waals surface area contributed by atoms with Gasteiger partial charge in [-0.15, -0.1) is 0 Å². The van der Waals surface area contributed by atoms with Gasteiger partial charge < -0.3 is 15.2 Å². The summed E-state index contributed by atoms with van der Waals surface area (Å²) in [6.07, 6.45) is -0.110. The molecular weight excluding hydrogens is 400 g/mol. The second-order valence-corrected chi connectivity index (χ2v) is 7.48. The summed E-state index contributed by atoms with van der Waals surface area (Å²) in [6, 6.07) is 15.1. The number of carbonyl (C=O) groups excluding carboxylic acids is 2. The van der Waals surface area contributed by atoms with Crippen molar-refractivity contribution in [2.24, 2.45) is 5.92 Å². The Hall–Kier alpha value is -3.39. The molecule has 8 nitrogen and oxygen atoms in total. The Bertz CT molecular complexity index is 915. The number of benzene rings is 2. The van der Waals surface area contributed by atoms with Crippen LogP contribution in [-0.4, -0.2) is 42.3 Å². The van der Waals surface area contributed by atoms with Crippen molar-refractivity contribution < 1.29 is 29.1 Å². The van der Waals surface area contributed by atoms with Gasteiger partial charge in [-0.1, -0.05) is 68.8 Å². The molecule has 0 radical (unpaired) electrons. The molecule has 2 aromatic carbocycles. The van der Waals surface area contributed by atoms with E-state index in [9.17, 15) is 14.4 Å². The highest BCUT2D eigenvalue weighted by Gasteiger charge is 2.31. The first-order valence-corrected chi connectivity index (χ1v) is 10.2. The zero-order valence-corrected chi connectivity index (χ0v) is 17.5. The third kappa shape index (κ3) is 5.21. The van der Waals surface area contributed by atoms with E-state index in [1.807, 2.05) is 43.3 Å². The van der Waals surface area contributed by atoms with Gasteiger partial charge in [0.15, 0.2) is 6.61 Å². The summed E-state index contributed by atoms with van der Waals surface area (Å²) in [7, 11) is 0. The van der Waals surface area contributed by atoms with Crippen LogP contribution in [-0.2, 0) is 19.2 Å². The molecule has 0 bridgehead atoms. The highest BCUT2D eigenvalue weighted by molar-refractivity contribution is 5.85. The molecule has 1 aliphatic rings. The molecule has 164 valence electrons. The maximum absolute atomic E-state index is 12.5. The molecule has 2 amide bonds. The lowest BCUT2D eigenvalue weighted by Crippen LogP contribution is -2.50. The van der Waals surface area contributed by atoms with Gasteiger partial charge in [0.05, 0.1) is 0 Å². The van der Waals surface area contributed by atoms with Crippen LogP contribution in [0.1, 0.15) is 37.3 Å². The molecule has 0 aromatic heterocycles. The Morgan fingerprint density at radius 2 is 1.61 bits per heavy atom. The normalized spacial score (nSPS) is 14.1. The van der Waals surface area contributed by atoms with Crippen molar-refractivity contribution in [1.82, 2.24) is 10.8 Å². The lowest BCUT2D eigenvalue weighted by atomic mass is 9.98. The molecule has 0 heterocycles. The van der Waals surface area contributed by atoms with Gasteiger partial charge in [-0.3, -0.25) is 9.63 Å². The summed E-state index contributed by atoms with van der Waals surface area (Å²) in [6.45, 7) is 3.13. The van der Waals surface area contributed by atoms with Crippen molar-refractivity contribution in [3.63, 3.8) is 0 Å². The Labute approximate surface area is 180 Å². The number of carboxylic acids is 1. The van der Waals surface area contributed by atoms with Crippen molar-refractivity contribution in [3.8, 4) is 11.1 Å². The quantitative estimate of drug-likeness (QED) is 0.531. The van der Waals surface area contributed by atoms with Gasteiger partial charge in [0, 0.05) is 5.92 Å². The number of ether oxygens (including phenoxy) is 1. The number of alkyl carbamates (subject to hydrolysis) is 1. The average molecular weight is 426 g/mol. The van der Waals surface area contributed by atoms with Crippen LogP contribution in [0, 0.1) is 5.92 Å². The third-order valence-electron chi connectivity index (χ3n) is 5.48. The molecule has 0 saturated heterocycles. The molecule has 0 unspecified atom stereocenters. The number of hydroxylamine groups is 1. The maximum atomic E-state index is 12.5. The van der Waals surface area contributed by atoms with Crippen molar-refractivity contribution in [1.29, 1.82) is 0 Å². The first-order valence-electron chi connectivity index (χ1n) is 10.2. The van der Waals surface area contributed by atoms with Gasteiger partial charge in [0.2, 0.25) is 0 Å². The highest BCUT2D eigenvalue weighted by atomic mass is 16.7. The van der Waals surface area contributed by atoms with Crippen LogP contribution < -0.4 is 10.8 Å². The molecule has 3 N–H and O–H groups in total. The van der Waals surface area contributed by atoms with Gasteiger partial charge in [-0.05, 0) is 28.2 Å². The molecule has 2 aromatic rings. The maximum Gasteiger partial charge on any atom is 0.407 e. The van der Waals surface area contributed by atoms with Crippen molar-refractivity contribution in [2.45, 2.75) is 32.2 Å². The summed E-state index contributed by atoms with van der Waals surface area (Å²) in [5, 5.41) is 11.2. The minimum atomic E-state index is -1.22. The lowest BCUT2D eigenvalue weighted by molar-refractivity contribution is -0.150. The smallest absolute Gasteiger partial charge is 0.407 e. The zero-order chi connectivity index (χ0) is 22.4. The molecule has 0 fully saturated rings. The molecule has 0 saturated carbocycles. The van der Waals surface area contributed by atoms with E-state index >= 15 is 0 Å². The minimum absolute atomic E-state index is 0.0899. The van der Waals surface area contributed by atoms with Crippen LogP contribution in [0.25, 0.3) is 11.1 Å². The van der Waals surface area contributed by atoms with E-state index < -0.39 is 30.6 Å². The first kappa shape index (κ1) is 22.3. The van der Waals surface area contributed by atoms with E-state index in [-0.39, 0.29) is 18.4 Å². The molecule has 31 heavy (non-hydrogen) atoms. The van der Waals surface area contributed by atoms with Crippen LogP contribution in [0.4, 0.5) is 4.79 Å². The first-order chi connectivity index (χ1) is 14.9.